The molecule has 0 unspecified atom stereocenters. The van der Waals surface area contributed by atoms with Gasteiger partial charge in [0.05, 0.1) is 29.3 Å². The van der Waals surface area contributed by atoms with Crippen LogP contribution >= 0.6 is 11.3 Å². The standard InChI is InChI=1S/C17H16N4O2S/c1-23-16-11(17(22)19-10-2-3-10)4-5-12-15(16)13(21-20-12)6-7-14-18-8-9-24-14/h4-10H,2-3H2,1H3,(H,19,22)(H,20,21)/b7-6+. The van der Waals surface area contributed by atoms with E-state index in [0.717, 1.165) is 34.4 Å². The molecule has 3 aromatic rings. The van der Waals surface area contributed by atoms with Gasteiger partial charge in [0, 0.05) is 17.6 Å². The highest BCUT2D eigenvalue weighted by Gasteiger charge is 2.26. The SMILES string of the molecule is COc1c(C(=O)NC2CC2)ccc2n[nH]c(/C=C/c3nccs3)c12. The van der Waals surface area contributed by atoms with Crippen LogP contribution in [-0.4, -0.2) is 34.2 Å². The first kappa shape index (κ1) is 14.9. The summed E-state index contributed by atoms with van der Waals surface area (Å²) in [4.78, 5) is 16.7. The fourth-order valence-corrected chi connectivity index (χ4v) is 3.11. The Balaban J connectivity index is 1.76. The summed E-state index contributed by atoms with van der Waals surface area (Å²) in [6, 6.07) is 3.89. The van der Waals surface area contributed by atoms with Crippen LogP contribution in [0.25, 0.3) is 23.1 Å². The molecule has 2 heterocycles. The molecular weight excluding hydrogens is 324 g/mol. The Morgan fingerprint density at radius 1 is 1.42 bits per heavy atom. The summed E-state index contributed by atoms with van der Waals surface area (Å²) in [5.74, 6) is 0.436. The summed E-state index contributed by atoms with van der Waals surface area (Å²) in [5, 5.41) is 13.9. The van der Waals surface area contributed by atoms with E-state index in [-0.39, 0.29) is 5.91 Å². The van der Waals surface area contributed by atoms with Crippen molar-refractivity contribution in [2.75, 3.05) is 7.11 Å². The maximum Gasteiger partial charge on any atom is 0.255 e. The van der Waals surface area contributed by atoms with Crippen molar-refractivity contribution in [2.24, 2.45) is 0 Å². The lowest BCUT2D eigenvalue weighted by molar-refractivity contribution is 0.0948. The third-order valence-electron chi connectivity index (χ3n) is 3.91. The van der Waals surface area contributed by atoms with Gasteiger partial charge in [0.1, 0.15) is 10.8 Å². The third kappa shape index (κ3) is 2.78. The van der Waals surface area contributed by atoms with Gasteiger partial charge in [0.25, 0.3) is 5.91 Å². The molecule has 0 aliphatic heterocycles. The molecule has 0 spiro atoms. The van der Waals surface area contributed by atoms with Crippen molar-refractivity contribution in [3.8, 4) is 5.75 Å². The van der Waals surface area contributed by atoms with Crippen molar-refractivity contribution in [1.82, 2.24) is 20.5 Å². The lowest BCUT2D eigenvalue weighted by Gasteiger charge is -2.10. The van der Waals surface area contributed by atoms with Crippen LogP contribution in [0.2, 0.25) is 0 Å². The molecule has 1 aliphatic rings. The molecule has 2 aromatic heterocycles. The highest BCUT2D eigenvalue weighted by Crippen LogP contribution is 2.33. The summed E-state index contributed by atoms with van der Waals surface area (Å²) >= 11 is 1.55. The van der Waals surface area contributed by atoms with E-state index in [4.69, 9.17) is 4.74 Å². The second-order valence-corrected chi connectivity index (χ2v) is 6.56. The monoisotopic (exact) mass is 340 g/mol. The number of hydrogen-bond donors (Lipinski definition) is 2. The number of aromatic nitrogens is 3. The number of carbonyl (C=O) groups is 1. The van der Waals surface area contributed by atoms with Crippen molar-refractivity contribution >= 4 is 40.3 Å². The molecule has 1 amide bonds. The molecule has 1 fully saturated rings. The minimum atomic E-state index is -0.104. The van der Waals surface area contributed by atoms with Gasteiger partial charge in [-0.25, -0.2) is 4.98 Å². The van der Waals surface area contributed by atoms with Gasteiger partial charge in [-0.3, -0.25) is 9.89 Å². The minimum absolute atomic E-state index is 0.104. The van der Waals surface area contributed by atoms with E-state index in [9.17, 15) is 4.79 Å². The lowest BCUT2D eigenvalue weighted by atomic mass is 10.1. The zero-order valence-electron chi connectivity index (χ0n) is 13.1. The number of aromatic amines is 1. The number of nitrogens with one attached hydrogen (secondary N) is 2. The van der Waals surface area contributed by atoms with E-state index in [0.29, 0.717) is 17.4 Å². The van der Waals surface area contributed by atoms with Gasteiger partial charge in [-0.05, 0) is 37.1 Å². The van der Waals surface area contributed by atoms with Gasteiger partial charge < -0.3 is 10.1 Å². The molecule has 0 bridgehead atoms. The summed E-state index contributed by atoms with van der Waals surface area (Å²) in [6.07, 6.45) is 7.66. The quantitative estimate of drug-likeness (QED) is 0.748. The molecule has 0 atom stereocenters. The van der Waals surface area contributed by atoms with Crippen LogP contribution in [-0.2, 0) is 0 Å². The van der Waals surface area contributed by atoms with Crippen molar-refractivity contribution in [3.63, 3.8) is 0 Å². The summed E-state index contributed by atoms with van der Waals surface area (Å²) in [7, 11) is 1.57. The van der Waals surface area contributed by atoms with Crippen molar-refractivity contribution in [3.05, 3.63) is 40.0 Å². The number of H-pyrrole nitrogens is 1. The lowest BCUT2D eigenvalue weighted by Crippen LogP contribution is -2.25. The normalized spacial score (nSPS) is 14.4. The molecule has 1 aromatic carbocycles. The first-order valence-corrected chi connectivity index (χ1v) is 8.57. The number of rotatable bonds is 5. The zero-order valence-corrected chi connectivity index (χ0v) is 13.9. The first-order valence-electron chi connectivity index (χ1n) is 7.70. The molecule has 0 saturated heterocycles. The average Bonchev–Trinajstić information content (AvgIpc) is 3.10. The van der Waals surface area contributed by atoms with Crippen LogP contribution in [0.1, 0.15) is 33.9 Å². The van der Waals surface area contributed by atoms with E-state index in [1.54, 1.807) is 30.7 Å². The van der Waals surface area contributed by atoms with E-state index >= 15 is 0 Å². The molecule has 7 heteroatoms. The molecule has 1 aliphatic carbocycles. The van der Waals surface area contributed by atoms with Crippen molar-refractivity contribution < 1.29 is 9.53 Å². The van der Waals surface area contributed by atoms with Crippen LogP contribution in [0.3, 0.4) is 0 Å². The Labute approximate surface area is 142 Å². The Morgan fingerprint density at radius 3 is 3.00 bits per heavy atom. The summed E-state index contributed by atoms with van der Waals surface area (Å²) in [6.45, 7) is 0. The molecule has 2 N–H and O–H groups in total. The summed E-state index contributed by atoms with van der Waals surface area (Å²) in [5.41, 5.74) is 2.08. The molecule has 1 saturated carbocycles. The number of carbonyl (C=O) groups excluding carboxylic acids is 1. The first-order chi connectivity index (χ1) is 11.8. The minimum Gasteiger partial charge on any atom is -0.495 e. The van der Waals surface area contributed by atoms with E-state index in [1.165, 1.54) is 0 Å². The predicted molar refractivity (Wildman–Crippen MR) is 94.2 cm³/mol. The van der Waals surface area contributed by atoms with Gasteiger partial charge in [-0.1, -0.05) is 0 Å². The number of fused-ring (bicyclic) bond motifs is 1. The molecule has 6 nitrogen and oxygen atoms in total. The Hall–Kier alpha value is -2.67. The van der Waals surface area contributed by atoms with Gasteiger partial charge in [-0.15, -0.1) is 11.3 Å². The summed E-state index contributed by atoms with van der Waals surface area (Å²) < 4.78 is 5.55. The molecule has 0 radical (unpaired) electrons. The van der Waals surface area contributed by atoms with Gasteiger partial charge >= 0.3 is 0 Å². The number of thiazole rings is 1. The van der Waals surface area contributed by atoms with Crippen LogP contribution in [0.15, 0.2) is 23.7 Å². The fraction of sp³-hybridized carbons (Fsp3) is 0.235. The van der Waals surface area contributed by atoms with Crippen LogP contribution in [0.4, 0.5) is 0 Å². The molecule has 4 rings (SSSR count). The maximum atomic E-state index is 12.4. The largest absolute Gasteiger partial charge is 0.495 e. The number of nitrogens with zero attached hydrogens (tertiary/aromatic N) is 2. The smallest absolute Gasteiger partial charge is 0.255 e. The number of benzene rings is 1. The van der Waals surface area contributed by atoms with Crippen molar-refractivity contribution in [2.45, 2.75) is 18.9 Å². The van der Waals surface area contributed by atoms with Gasteiger partial charge in [0.15, 0.2) is 0 Å². The Morgan fingerprint density at radius 2 is 2.29 bits per heavy atom. The van der Waals surface area contributed by atoms with Crippen LogP contribution < -0.4 is 10.1 Å². The average molecular weight is 340 g/mol. The second-order valence-electron chi connectivity index (χ2n) is 5.63. The van der Waals surface area contributed by atoms with Crippen molar-refractivity contribution in [1.29, 1.82) is 0 Å². The topological polar surface area (TPSA) is 79.9 Å². The number of ether oxygens (including phenoxy) is 1. The van der Waals surface area contributed by atoms with Gasteiger partial charge in [0.2, 0.25) is 0 Å². The highest BCUT2D eigenvalue weighted by atomic mass is 32.1. The number of hydrogen-bond acceptors (Lipinski definition) is 5. The zero-order chi connectivity index (χ0) is 16.5. The Kier molecular flexibility index (Phi) is 3.78. The predicted octanol–water partition coefficient (Wildman–Crippen LogP) is 3.09. The van der Waals surface area contributed by atoms with Crippen LogP contribution in [0, 0.1) is 0 Å². The van der Waals surface area contributed by atoms with E-state index in [1.807, 2.05) is 23.6 Å². The second kappa shape index (κ2) is 6.09. The molecule has 122 valence electrons. The number of amides is 1. The van der Waals surface area contributed by atoms with E-state index in [2.05, 4.69) is 20.5 Å². The fourth-order valence-electron chi connectivity index (χ4n) is 2.58. The van der Waals surface area contributed by atoms with Crippen LogP contribution in [0.5, 0.6) is 5.75 Å². The van der Waals surface area contributed by atoms with E-state index < -0.39 is 0 Å². The number of methoxy groups -OCH3 is 1. The highest BCUT2D eigenvalue weighted by molar-refractivity contribution is 7.10. The van der Waals surface area contributed by atoms with Gasteiger partial charge in [-0.2, -0.15) is 5.10 Å². The molecular formula is C17H16N4O2S. The maximum absolute atomic E-state index is 12.4. The Bertz CT molecular complexity index is 910. The molecule has 24 heavy (non-hydrogen) atoms. The third-order valence-corrected chi connectivity index (χ3v) is 4.65.